The van der Waals surface area contributed by atoms with Crippen LogP contribution < -0.4 is 16.0 Å². The lowest BCUT2D eigenvalue weighted by molar-refractivity contribution is -0.149. The maximum atomic E-state index is 11.7. The number of hydrogen-bond acceptors (Lipinski definition) is 3. The van der Waals surface area contributed by atoms with Gasteiger partial charge in [0.05, 0.1) is 5.41 Å². The van der Waals surface area contributed by atoms with Gasteiger partial charge in [-0.2, -0.15) is 0 Å². The molecule has 1 fully saturated rings. The lowest BCUT2D eigenvalue weighted by atomic mass is 9.80. The van der Waals surface area contributed by atoms with E-state index >= 15 is 0 Å². The van der Waals surface area contributed by atoms with Gasteiger partial charge in [0.25, 0.3) is 0 Å². The number of rotatable bonds is 6. The molecular weight excluding hydrogens is 274 g/mol. The molecule has 21 heavy (non-hydrogen) atoms. The van der Waals surface area contributed by atoms with Crippen LogP contribution in [0.1, 0.15) is 44.9 Å². The van der Waals surface area contributed by atoms with Crippen molar-refractivity contribution in [1.29, 1.82) is 0 Å². The van der Waals surface area contributed by atoms with Crippen LogP contribution in [-0.4, -0.2) is 43.2 Å². The van der Waals surface area contributed by atoms with Crippen LogP contribution in [0.2, 0.25) is 0 Å². The summed E-state index contributed by atoms with van der Waals surface area (Å²) in [6, 6.07) is -0.427. The number of carboxylic acids is 1. The molecular formula is C14H25N3O4. The Labute approximate surface area is 124 Å². The Bertz CT molecular complexity index is 376. The minimum atomic E-state index is -0.853. The van der Waals surface area contributed by atoms with E-state index in [1.807, 2.05) is 0 Å². The largest absolute Gasteiger partial charge is 0.481 e. The third-order valence-electron chi connectivity index (χ3n) is 4.02. The van der Waals surface area contributed by atoms with E-state index in [1.54, 1.807) is 0 Å². The van der Waals surface area contributed by atoms with E-state index in [1.165, 1.54) is 7.05 Å². The van der Waals surface area contributed by atoms with Gasteiger partial charge in [-0.1, -0.05) is 25.7 Å². The zero-order valence-electron chi connectivity index (χ0n) is 12.5. The fourth-order valence-corrected chi connectivity index (χ4v) is 2.60. The Morgan fingerprint density at radius 3 is 2.19 bits per heavy atom. The van der Waals surface area contributed by atoms with Crippen molar-refractivity contribution in [1.82, 2.24) is 16.0 Å². The number of aliphatic carboxylic acids is 1. The first-order valence-corrected chi connectivity index (χ1v) is 7.46. The van der Waals surface area contributed by atoms with Gasteiger partial charge in [-0.05, 0) is 12.8 Å². The molecule has 7 nitrogen and oxygen atoms in total. The third kappa shape index (κ3) is 5.61. The molecule has 1 aliphatic rings. The Kier molecular flexibility index (Phi) is 6.98. The van der Waals surface area contributed by atoms with Crippen molar-refractivity contribution in [2.24, 2.45) is 5.41 Å². The van der Waals surface area contributed by atoms with Crippen molar-refractivity contribution in [3.8, 4) is 0 Å². The number of amides is 3. The molecule has 0 aromatic rings. The highest BCUT2D eigenvalue weighted by atomic mass is 16.4. The fourth-order valence-electron chi connectivity index (χ4n) is 2.60. The maximum absolute atomic E-state index is 11.7. The van der Waals surface area contributed by atoms with Gasteiger partial charge in [0, 0.05) is 26.6 Å². The van der Waals surface area contributed by atoms with Crippen LogP contribution in [0.5, 0.6) is 0 Å². The van der Waals surface area contributed by atoms with Gasteiger partial charge in [0.2, 0.25) is 5.91 Å². The molecule has 120 valence electrons. The van der Waals surface area contributed by atoms with Gasteiger partial charge >= 0.3 is 12.0 Å². The maximum Gasteiger partial charge on any atom is 0.314 e. The molecule has 0 saturated heterocycles. The summed E-state index contributed by atoms with van der Waals surface area (Å²) in [6.45, 7) is 0.361. The summed E-state index contributed by atoms with van der Waals surface area (Å²) in [7, 11) is 1.53. The Morgan fingerprint density at radius 2 is 1.67 bits per heavy atom. The average molecular weight is 299 g/mol. The van der Waals surface area contributed by atoms with Crippen LogP contribution in [0, 0.1) is 5.41 Å². The Morgan fingerprint density at radius 1 is 1.05 bits per heavy atom. The smallest absolute Gasteiger partial charge is 0.314 e. The first kappa shape index (κ1) is 17.3. The third-order valence-corrected chi connectivity index (χ3v) is 4.02. The van der Waals surface area contributed by atoms with Gasteiger partial charge in [-0.25, -0.2) is 4.79 Å². The molecule has 0 aliphatic heterocycles. The van der Waals surface area contributed by atoms with Gasteiger partial charge in [-0.3, -0.25) is 9.59 Å². The molecule has 1 rings (SSSR count). The van der Waals surface area contributed by atoms with Crippen LogP contribution in [0.15, 0.2) is 0 Å². The molecule has 0 bridgehead atoms. The molecule has 0 unspecified atom stereocenters. The normalized spacial score (nSPS) is 17.4. The first-order chi connectivity index (χ1) is 10.00. The Balaban J connectivity index is 2.40. The zero-order chi connectivity index (χ0) is 15.7. The number of nitrogens with one attached hydrogen (secondary N) is 3. The van der Waals surface area contributed by atoms with Gasteiger partial charge in [0.15, 0.2) is 0 Å². The highest BCUT2D eigenvalue weighted by molar-refractivity contribution is 5.79. The molecule has 0 atom stereocenters. The van der Waals surface area contributed by atoms with Crippen LogP contribution in [0.25, 0.3) is 0 Å². The van der Waals surface area contributed by atoms with Crippen molar-refractivity contribution >= 4 is 17.9 Å². The number of carbonyl (C=O) groups is 3. The number of carbonyl (C=O) groups excluding carboxylic acids is 2. The summed E-state index contributed by atoms with van der Waals surface area (Å²) >= 11 is 0. The predicted octanol–water partition coefficient (Wildman–Crippen LogP) is 0.847. The van der Waals surface area contributed by atoms with Gasteiger partial charge < -0.3 is 21.1 Å². The van der Waals surface area contributed by atoms with E-state index < -0.39 is 17.4 Å². The molecule has 7 heteroatoms. The lowest BCUT2D eigenvalue weighted by Gasteiger charge is -2.28. The van der Waals surface area contributed by atoms with Gasteiger partial charge in [0.1, 0.15) is 0 Å². The SMILES string of the molecule is CNC(=O)CCNC(=O)NCC1(C(=O)O)CCCCCC1. The minimum absolute atomic E-state index is 0.133. The first-order valence-electron chi connectivity index (χ1n) is 7.46. The monoisotopic (exact) mass is 299 g/mol. The number of hydrogen-bond donors (Lipinski definition) is 4. The van der Waals surface area contributed by atoms with Crippen LogP contribution >= 0.6 is 0 Å². The summed E-state index contributed by atoms with van der Waals surface area (Å²) in [5, 5.41) is 17.1. The molecule has 3 amide bonds. The topological polar surface area (TPSA) is 108 Å². The second-order valence-electron chi connectivity index (χ2n) is 5.53. The summed E-state index contributed by atoms with van der Waals surface area (Å²) < 4.78 is 0. The molecule has 1 saturated carbocycles. The van der Waals surface area contributed by atoms with E-state index in [9.17, 15) is 19.5 Å². The standard InChI is InChI=1S/C14H25N3O4/c1-15-11(18)6-9-16-13(21)17-10-14(12(19)20)7-4-2-3-5-8-14/h2-10H2,1H3,(H,15,18)(H,19,20)(H2,16,17,21). The number of carboxylic acid groups (broad SMARTS) is 1. The molecule has 0 spiro atoms. The van der Waals surface area contributed by atoms with E-state index in [0.29, 0.717) is 12.8 Å². The van der Waals surface area contributed by atoms with E-state index in [-0.39, 0.29) is 25.4 Å². The summed E-state index contributed by atoms with van der Waals surface area (Å²) in [5.74, 6) is -0.990. The van der Waals surface area contributed by atoms with Crippen LogP contribution in [0.4, 0.5) is 4.79 Å². The van der Waals surface area contributed by atoms with E-state index in [0.717, 1.165) is 25.7 Å². The lowest BCUT2D eigenvalue weighted by Crippen LogP contribution is -2.46. The van der Waals surface area contributed by atoms with E-state index in [2.05, 4.69) is 16.0 Å². The van der Waals surface area contributed by atoms with Crippen LogP contribution in [-0.2, 0) is 9.59 Å². The van der Waals surface area contributed by atoms with Crippen molar-refractivity contribution in [2.45, 2.75) is 44.9 Å². The fraction of sp³-hybridized carbons (Fsp3) is 0.786. The second kappa shape index (κ2) is 8.49. The van der Waals surface area contributed by atoms with Crippen molar-refractivity contribution in [2.75, 3.05) is 20.1 Å². The molecule has 4 N–H and O–H groups in total. The van der Waals surface area contributed by atoms with Crippen molar-refractivity contribution in [3.63, 3.8) is 0 Å². The summed E-state index contributed by atoms with van der Waals surface area (Å²) in [4.78, 5) is 34.2. The summed E-state index contributed by atoms with van der Waals surface area (Å²) in [6.07, 6.45) is 5.26. The van der Waals surface area contributed by atoms with E-state index in [4.69, 9.17) is 0 Å². The zero-order valence-corrected chi connectivity index (χ0v) is 12.5. The minimum Gasteiger partial charge on any atom is -0.481 e. The highest BCUT2D eigenvalue weighted by Crippen LogP contribution is 2.34. The molecule has 0 aromatic heterocycles. The van der Waals surface area contributed by atoms with Crippen molar-refractivity contribution in [3.05, 3.63) is 0 Å². The molecule has 0 aromatic carbocycles. The quantitative estimate of drug-likeness (QED) is 0.545. The van der Waals surface area contributed by atoms with Gasteiger partial charge in [-0.15, -0.1) is 0 Å². The average Bonchev–Trinajstić information content (AvgIpc) is 2.71. The van der Waals surface area contributed by atoms with Crippen molar-refractivity contribution < 1.29 is 19.5 Å². The molecule has 0 radical (unpaired) electrons. The Hall–Kier alpha value is -1.79. The molecule has 1 aliphatic carbocycles. The number of urea groups is 1. The van der Waals surface area contributed by atoms with Crippen LogP contribution in [0.3, 0.4) is 0 Å². The second-order valence-corrected chi connectivity index (χ2v) is 5.53. The summed E-state index contributed by atoms with van der Waals surface area (Å²) in [5.41, 5.74) is -0.853. The predicted molar refractivity (Wildman–Crippen MR) is 77.9 cm³/mol. The highest BCUT2D eigenvalue weighted by Gasteiger charge is 2.38. The molecule has 0 heterocycles.